The molecule has 0 bridgehead atoms. The summed E-state index contributed by atoms with van der Waals surface area (Å²) in [6, 6.07) is 7.39. The maximum Gasteiger partial charge on any atom is 0.317 e. The van der Waals surface area contributed by atoms with Gasteiger partial charge in [0.1, 0.15) is 5.75 Å². The number of benzene rings is 1. The first-order valence-corrected chi connectivity index (χ1v) is 5.96. The van der Waals surface area contributed by atoms with E-state index in [4.69, 9.17) is 0 Å². The van der Waals surface area contributed by atoms with Crippen LogP contribution in [-0.4, -0.2) is 36.2 Å². The molecule has 4 heteroatoms. The van der Waals surface area contributed by atoms with E-state index in [9.17, 15) is 9.90 Å². The summed E-state index contributed by atoms with van der Waals surface area (Å²) in [4.78, 5) is 13.3. The van der Waals surface area contributed by atoms with E-state index in [1.807, 2.05) is 17.0 Å². The molecule has 2 amide bonds. The highest BCUT2D eigenvalue weighted by Gasteiger charge is 2.22. The Kier molecular flexibility index (Phi) is 3.52. The zero-order valence-corrected chi connectivity index (χ0v) is 10.0. The molecule has 92 valence electrons. The highest BCUT2D eigenvalue weighted by molar-refractivity contribution is 5.73. The molecule has 1 heterocycles. The van der Waals surface area contributed by atoms with Gasteiger partial charge in [0.15, 0.2) is 0 Å². The molecule has 4 nitrogen and oxygen atoms in total. The number of rotatable bonds is 1. The smallest absolute Gasteiger partial charge is 0.317 e. The zero-order valence-electron chi connectivity index (χ0n) is 10.0. The lowest BCUT2D eigenvalue weighted by Gasteiger charge is -2.31. The van der Waals surface area contributed by atoms with E-state index in [2.05, 4.69) is 5.32 Å². The number of amides is 2. The third kappa shape index (κ3) is 2.70. The number of likely N-dealkylation sites (tertiary alicyclic amines) is 1. The summed E-state index contributed by atoms with van der Waals surface area (Å²) < 4.78 is 0. The maximum atomic E-state index is 11.4. The maximum absolute atomic E-state index is 11.4. The molecule has 2 rings (SSSR count). The van der Waals surface area contributed by atoms with Crippen molar-refractivity contribution in [3.05, 3.63) is 29.8 Å². The van der Waals surface area contributed by atoms with Gasteiger partial charge in [-0.15, -0.1) is 0 Å². The highest BCUT2D eigenvalue weighted by Crippen LogP contribution is 2.28. The molecule has 17 heavy (non-hydrogen) atoms. The molecule has 0 aliphatic carbocycles. The number of phenols is 1. The van der Waals surface area contributed by atoms with Crippen LogP contribution in [0.1, 0.15) is 24.3 Å². The minimum atomic E-state index is 0.00848. The van der Waals surface area contributed by atoms with Crippen molar-refractivity contribution in [2.24, 2.45) is 0 Å². The molecule has 0 saturated carbocycles. The molecule has 1 aromatic rings. The Labute approximate surface area is 101 Å². The normalized spacial score (nSPS) is 16.9. The largest absolute Gasteiger partial charge is 0.508 e. The molecule has 1 aliphatic heterocycles. The molecule has 0 aromatic heterocycles. The van der Waals surface area contributed by atoms with Gasteiger partial charge < -0.3 is 15.3 Å². The first kappa shape index (κ1) is 11.8. The van der Waals surface area contributed by atoms with E-state index in [0.29, 0.717) is 11.7 Å². The van der Waals surface area contributed by atoms with E-state index < -0.39 is 0 Å². The molecular weight excluding hydrogens is 216 g/mol. The van der Waals surface area contributed by atoms with E-state index in [1.165, 1.54) is 5.56 Å². The van der Waals surface area contributed by atoms with Crippen LogP contribution in [0.15, 0.2) is 24.3 Å². The summed E-state index contributed by atoms with van der Waals surface area (Å²) in [5, 5.41) is 11.9. The highest BCUT2D eigenvalue weighted by atomic mass is 16.3. The molecule has 0 radical (unpaired) electrons. The number of hydrogen-bond donors (Lipinski definition) is 2. The van der Waals surface area contributed by atoms with Gasteiger partial charge in [0.05, 0.1) is 0 Å². The van der Waals surface area contributed by atoms with E-state index in [0.717, 1.165) is 25.9 Å². The first-order chi connectivity index (χ1) is 8.20. The van der Waals surface area contributed by atoms with Gasteiger partial charge in [-0.05, 0) is 36.5 Å². The van der Waals surface area contributed by atoms with Crippen molar-refractivity contribution in [2.45, 2.75) is 18.8 Å². The second-order valence-electron chi connectivity index (χ2n) is 4.41. The third-order valence-corrected chi connectivity index (χ3v) is 3.36. The van der Waals surface area contributed by atoms with Crippen molar-refractivity contribution >= 4 is 6.03 Å². The number of nitrogens with one attached hydrogen (secondary N) is 1. The van der Waals surface area contributed by atoms with Gasteiger partial charge in [-0.1, -0.05) is 12.1 Å². The fraction of sp³-hybridized carbons (Fsp3) is 0.462. The Morgan fingerprint density at radius 1 is 1.29 bits per heavy atom. The fourth-order valence-corrected chi connectivity index (χ4v) is 2.32. The molecule has 1 aromatic carbocycles. The molecular formula is C13H18N2O2. The monoisotopic (exact) mass is 234 g/mol. The summed E-state index contributed by atoms with van der Waals surface area (Å²) in [7, 11) is 1.66. The van der Waals surface area contributed by atoms with Crippen LogP contribution in [0.3, 0.4) is 0 Å². The SMILES string of the molecule is CNC(=O)N1CCC(c2ccc(O)cc2)CC1. The quantitative estimate of drug-likeness (QED) is 0.780. The van der Waals surface area contributed by atoms with Crippen LogP contribution in [-0.2, 0) is 0 Å². The number of phenolic OH excluding ortho intramolecular Hbond substituents is 1. The summed E-state index contributed by atoms with van der Waals surface area (Å²) in [5.41, 5.74) is 1.25. The third-order valence-electron chi connectivity index (χ3n) is 3.36. The summed E-state index contributed by atoms with van der Waals surface area (Å²) >= 11 is 0. The minimum absolute atomic E-state index is 0.00848. The van der Waals surface area contributed by atoms with Crippen molar-refractivity contribution < 1.29 is 9.90 Å². The minimum Gasteiger partial charge on any atom is -0.508 e. The summed E-state index contributed by atoms with van der Waals surface area (Å²) in [6.45, 7) is 1.59. The predicted molar refractivity (Wildman–Crippen MR) is 66.1 cm³/mol. The lowest BCUT2D eigenvalue weighted by molar-refractivity contribution is 0.183. The Hall–Kier alpha value is -1.71. The van der Waals surface area contributed by atoms with Gasteiger partial charge in [-0.2, -0.15) is 0 Å². The van der Waals surface area contributed by atoms with E-state index in [1.54, 1.807) is 19.2 Å². The zero-order chi connectivity index (χ0) is 12.3. The van der Waals surface area contributed by atoms with Crippen molar-refractivity contribution in [3.63, 3.8) is 0 Å². The van der Waals surface area contributed by atoms with Crippen molar-refractivity contribution in [1.82, 2.24) is 10.2 Å². The Balaban J connectivity index is 1.95. The number of urea groups is 1. The van der Waals surface area contributed by atoms with Gasteiger partial charge in [-0.3, -0.25) is 0 Å². The number of nitrogens with zero attached hydrogens (tertiary/aromatic N) is 1. The van der Waals surface area contributed by atoms with Crippen molar-refractivity contribution in [2.75, 3.05) is 20.1 Å². The van der Waals surface area contributed by atoms with Crippen LogP contribution < -0.4 is 5.32 Å². The van der Waals surface area contributed by atoms with Gasteiger partial charge in [0.2, 0.25) is 0 Å². The van der Waals surface area contributed by atoms with Crippen molar-refractivity contribution in [3.8, 4) is 5.75 Å². The van der Waals surface area contributed by atoms with Gasteiger partial charge in [-0.25, -0.2) is 4.79 Å². The molecule has 1 fully saturated rings. The van der Waals surface area contributed by atoms with Crippen LogP contribution in [0.2, 0.25) is 0 Å². The number of carbonyl (C=O) groups excluding carboxylic acids is 1. The van der Waals surface area contributed by atoms with Gasteiger partial charge >= 0.3 is 6.03 Å². The number of carbonyl (C=O) groups is 1. The Morgan fingerprint density at radius 3 is 2.41 bits per heavy atom. The van der Waals surface area contributed by atoms with Crippen LogP contribution >= 0.6 is 0 Å². The van der Waals surface area contributed by atoms with Crippen LogP contribution in [0.25, 0.3) is 0 Å². The molecule has 2 N–H and O–H groups in total. The second kappa shape index (κ2) is 5.08. The topological polar surface area (TPSA) is 52.6 Å². The lowest BCUT2D eigenvalue weighted by Crippen LogP contribution is -2.42. The molecule has 1 saturated heterocycles. The van der Waals surface area contributed by atoms with Crippen LogP contribution in [0.5, 0.6) is 5.75 Å². The van der Waals surface area contributed by atoms with Gasteiger partial charge in [0, 0.05) is 20.1 Å². The average molecular weight is 234 g/mol. The standard InChI is InChI=1S/C13H18N2O2/c1-14-13(17)15-8-6-11(7-9-15)10-2-4-12(16)5-3-10/h2-5,11,16H,6-9H2,1H3,(H,14,17). The lowest BCUT2D eigenvalue weighted by atomic mass is 9.89. The Morgan fingerprint density at radius 2 is 1.88 bits per heavy atom. The van der Waals surface area contributed by atoms with Crippen LogP contribution in [0, 0.1) is 0 Å². The number of aromatic hydroxyl groups is 1. The van der Waals surface area contributed by atoms with E-state index in [-0.39, 0.29) is 6.03 Å². The number of piperidine rings is 1. The van der Waals surface area contributed by atoms with Crippen molar-refractivity contribution in [1.29, 1.82) is 0 Å². The fourth-order valence-electron chi connectivity index (χ4n) is 2.32. The number of hydrogen-bond acceptors (Lipinski definition) is 2. The molecule has 1 aliphatic rings. The van der Waals surface area contributed by atoms with E-state index >= 15 is 0 Å². The van der Waals surface area contributed by atoms with Gasteiger partial charge in [0.25, 0.3) is 0 Å². The summed E-state index contributed by atoms with van der Waals surface area (Å²) in [5.74, 6) is 0.799. The molecule has 0 unspecified atom stereocenters. The predicted octanol–water partition coefficient (Wildman–Crippen LogP) is 1.91. The summed E-state index contributed by atoms with van der Waals surface area (Å²) in [6.07, 6.45) is 1.97. The average Bonchev–Trinajstić information content (AvgIpc) is 2.39. The first-order valence-electron chi connectivity index (χ1n) is 5.96. The Bertz CT molecular complexity index is 381. The second-order valence-corrected chi connectivity index (χ2v) is 4.41. The van der Waals surface area contributed by atoms with Crippen LogP contribution in [0.4, 0.5) is 4.79 Å². The molecule has 0 spiro atoms. The molecule has 0 atom stereocenters.